The monoisotopic (exact) mass is 381 g/mol. The zero-order valence-electron chi connectivity index (χ0n) is 12.5. The van der Waals surface area contributed by atoms with Crippen molar-refractivity contribution in [1.29, 1.82) is 0 Å². The number of aromatic nitrogens is 1. The van der Waals surface area contributed by atoms with Crippen LogP contribution in [-0.4, -0.2) is 35.3 Å². The third-order valence-electron chi connectivity index (χ3n) is 2.97. The molecule has 1 aromatic carbocycles. The van der Waals surface area contributed by atoms with Crippen LogP contribution in [0.3, 0.4) is 0 Å². The number of amides is 2. The van der Waals surface area contributed by atoms with Crippen LogP contribution < -0.4 is 5.32 Å². The minimum atomic E-state index is -0.248. The number of hydrogen-bond donors (Lipinski definition) is 1. The molecule has 0 saturated carbocycles. The Balaban J connectivity index is 2.01. The van der Waals surface area contributed by atoms with Crippen molar-refractivity contribution in [2.45, 2.75) is 13.8 Å². The predicted molar refractivity (Wildman–Crippen MR) is 91.3 cm³/mol. The first-order chi connectivity index (χ1) is 10.4. The molecule has 7 heteroatoms. The van der Waals surface area contributed by atoms with Crippen molar-refractivity contribution < 1.29 is 9.59 Å². The summed E-state index contributed by atoms with van der Waals surface area (Å²) in [4.78, 5) is 30.6. The van der Waals surface area contributed by atoms with E-state index in [2.05, 4.69) is 26.2 Å². The van der Waals surface area contributed by atoms with Crippen molar-refractivity contribution in [2.75, 3.05) is 18.9 Å². The highest BCUT2D eigenvalue weighted by Gasteiger charge is 2.20. The first kappa shape index (κ1) is 16.6. The van der Waals surface area contributed by atoms with Gasteiger partial charge in [-0.3, -0.25) is 9.59 Å². The third-order valence-corrected chi connectivity index (χ3v) is 4.73. The molecule has 22 heavy (non-hydrogen) atoms. The van der Waals surface area contributed by atoms with Crippen molar-refractivity contribution >= 4 is 44.8 Å². The van der Waals surface area contributed by atoms with E-state index in [9.17, 15) is 9.59 Å². The van der Waals surface area contributed by atoms with Gasteiger partial charge in [0, 0.05) is 11.5 Å². The summed E-state index contributed by atoms with van der Waals surface area (Å²) in [5.41, 5.74) is 1.38. The molecule has 0 bridgehead atoms. The van der Waals surface area contributed by atoms with Gasteiger partial charge in [0.05, 0.1) is 22.9 Å². The first-order valence-electron chi connectivity index (χ1n) is 6.62. The predicted octanol–water partition coefficient (Wildman–Crippen LogP) is 3.23. The molecule has 0 aliphatic heterocycles. The van der Waals surface area contributed by atoms with Crippen molar-refractivity contribution in [3.05, 3.63) is 44.3 Å². The Hall–Kier alpha value is -1.73. The minimum Gasteiger partial charge on any atom is -0.332 e. The highest BCUT2D eigenvalue weighted by molar-refractivity contribution is 9.10. The fraction of sp³-hybridized carbons (Fsp3) is 0.267. The van der Waals surface area contributed by atoms with Gasteiger partial charge in [-0.2, -0.15) is 0 Å². The van der Waals surface area contributed by atoms with Gasteiger partial charge in [-0.05, 0) is 41.9 Å². The second-order valence-corrected chi connectivity index (χ2v) is 6.89. The van der Waals surface area contributed by atoms with Crippen molar-refractivity contribution in [3.8, 4) is 0 Å². The number of benzene rings is 1. The molecule has 1 N–H and O–H groups in total. The van der Waals surface area contributed by atoms with Crippen LogP contribution in [0.5, 0.6) is 0 Å². The van der Waals surface area contributed by atoms with Gasteiger partial charge in [-0.1, -0.05) is 12.1 Å². The number of para-hydroxylation sites is 1. The lowest BCUT2D eigenvalue weighted by Gasteiger charge is -2.16. The Kier molecular flexibility index (Phi) is 5.31. The lowest BCUT2D eigenvalue weighted by atomic mass is 10.3. The number of nitrogens with zero attached hydrogens (tertiary/aromatic N) is 2. The molecule has 0 radical (unpaired) electrons. The summed E-state index contributed by atoms with van der Waals surface area (Å²) in [7, 11) is 1.61. The molecule has 0 saturated heterocycles. The average Bonchev–Trinajstić information content (AvgIpc) is 2.79. The molecule has 1 aromatic heterocycles. The average molecular weight is 382 g/mol. The van der Waals surface area contributed by atoms with Crippen LogP contribution >= 0.6 is 27.3 Å². The normalized spacial score (nSPS) is 10.4. The summed E-state index contributed by atoms with van der Waals surface area (Å²) >= 11 is 4.71. The van der Waals surface area contributed by atoms with Gasteiger partial charge in [0.1, 0.15) is 4.88 Å². The minimum absolute atomic E-state index is 0.0173. The summed E-state index contributed by atoms with van der Waals surface area (Å²) in [5, 5.41) is 3.62. The second-order valence-electron chi connectivity index (χ2n) is 4.84. The molecule has 2 aromatic rings. The van der Waals surface area contributed by atoms with Crippen LogP contribution in [0.4, 0.5) is 5.69 Å². The van der Waals surface area contributed by atoms with Gasteiger partial charge < -0.3 is 10.2 Å². The molecule has 1 heterocycles. The molecule has 2 rings (SSSR count). The van der Waals surface area contributed by atoms with Crippen LogP contribution in [-0.2, 0) is 4.79 Å². The van der Waals surface area contributed by atoms with Crippen LogP contribution in [0.25, 0.3) is 0 Å². The number of aryl methyl sites for hydroxylation is 2. The van der Waals surface area contributed by atoms with Crippen molar-refractivity contribution in [1.82, 2.24) is 9.88 Å². The van der Waals surface area contributed by atoms with Crippen molar-refractivity contribution in [3.63, 3.8) is 0 Å². The third kappa shape index (κ3) is 3.92. The molecule has 0 aliphatic carbocycles. The number of thiazole rings is 1. The maximum Gasteiger partial charge on any atom is 0.266 e. The van der Waals surface area contributed by atoms with E-state index in [4.69, 9.17) is 0 Å². The second kappa shape index (κ2) is 7.02. The quantitative estimate of drug-likeness (QED) is 0.883. The summed E-state index contributed by atoms with van der Waals surface area (Å²) in [5.74, 6) is -0.438. The molecule has 0 spiro atoms. The zero-order chi connectivity index (χ0) is 16.3. The fourth-order valence-corrected chi connectivity index (χ4v) is 3.24. The number of carbonyl (C=O) groups is 2. The Morgan fingerprint density at radius 3 is 2.59 bits per heavy atom. The van der Waals surface area contributed by atoms with E-state index in [1.165, 1.54) is 16.2 Å². The standard InChI is InChI=1S/C15H16BrN3O2S/c1-9-14(22-10(2)17-9)15(21)19(3)8-13(20)18-12-7-5-4-6-11(12)16/h4-7H,8H2,1-3H3,(H,18,20). The number of anilines is 1. The first-order valence-corrected chi connectivity index (χ1v) is 8.23. The smallest absolute Gasteiger partial charge is 0.266 e. The van der Waals surface area contributed by atoms with Gasteiger partial charge >= 0.3 is 0 Å². The molecule has 0 fully saturated rings. The van der Waals surface area contributed by atoms with Crippen LogP contribution in [0.2, 0.25) is 0 Å². The maximum atomic E-state index is 12.3. The number of halogens is 1. The van der Waals surface area contributed by atoms with Gasteiger partial charge in [0.2, 0.25) is 5.91 Å². The summed E-state index contributed by atoms with van der Waals surface area (Å²) in [6.45, 7) is 3.64. The topological polar surface area (TPSA) is 62.3 Å². The van der Waals surface area contributed by atoms with Crippen molar-refractivity contribution in [2.24, 2.45) is 0 Å². The number of rotatable bonds is 4. The van der Waals surface area contributed by atoms with Crippen LogP contribution in [0, 0.1) is 13.8 Å². The SMILES string of the molecule is Cc1nc(C)c(C(=O)N(C)CC(=O)Nc2ccccc2Br)s1. The molecule has 0 atom stereocenters. The molecule has 0 unspecified atom stereocenters. The summed E-state index contributed by atoms with van der Waals surface area (Å²) in [6, 6.07) is 7.33. The van der Waals surface area contributed by atoms with E-state index < -0.39 is 0 Å². The Bertz CT molecular complexity index is 715. The Labute approximate surface area is 141 Å². The highest BCUT2D eigenvalue weighted by atomic mass is 79.9. The maximum absolute atomic E-state index is 12.3. The zero-order valence-corrected chi connectivity index (χ0v) is 14.9. The molecular weight excluding hydrogens is 366 g/mol. The largest absolute Gasteiger partial charge is 0.332 e. The van der Waals surface area contributed by atoms with Crippen LogP contribution in [0.1, 0.15) is 20.4 Å². The van der Waals surface area contributed by atoms with E-state index >= 15 is 0 Å². The number of carbonyl (C=O) groups excluding carboxylic acids is 2. The van der Waals surface area contributed by atoms with Gasteiger partial charge in [0.15, 0.2) is 0 Å². The molecular formula is C15H16BrN3O2S. The Morgan fingerprint density at radius 2 is 2.00 bits per heavy atom. The lowest BCUT2D eigenvalue weighted by molar-refractivity contribution is -0.116. The summed E-state index contributed by atoms with van der Waals surface area (Å²) in [6.07, 6.45) is 0. The van der Waals surface area contributed by atoms with Gasteiger partial charge in [0.25, 0.3) is 5.91 Å². The molecule has 116 valence electrons. The van der Waals surface area contributed by atoms with E-state index in [1.54, 1.807) is 20.0 Å². The van der Waals surface area contributed by atoms with E-state index in [0.717, 1.165) is 9.48 Å². The van der Waals surface area contributed by atoms with Gasteiger partial charge in [-0.25, -0.2) is 4.98 Å². The Morgan fingerprint density at radius 1 is 1.32 bits per heavy atom. The van der Waals surface area contributed by atoms with E-state index in [0.29, 0.717) is 16.3 Å². The molecule has 2 amide bonds. The highest BCUT2D eigenvalue weighted by Crippen LogP contribution is 2.21. The van der Waals surface area contributed by atoms with Gasteiger partial charge in [-0.15, -0.1) is 11.3 Å². The number of hydrogen-bond acceptors (Lipinski definition) is 4. The van der Waals surface area contributed by atoms with E-state index in [-0.39, 0.29) is 18.4 Å². The molecule has 5 nitrogen and oxygen atoms in total. The fourth-order valence-electron chi connectivity index (χ4n) is 1.94. The lowest BCUT2D eigenvalue weighted by Crippen LogP contribution is -2.34. The van der Waals surface area contributed by atoms with E-state index in [1.807, 2.05) is 25.1 Å². The summed E-state index contributed by atoms with van der Waals surface area (Å²) < 4.78 is 0.797. The number of nitrogens with one attached hydrogen (secondary N) is 1. The molecule has 0 aliphatic rings. The van der Waals surface area contributed by atoms with Crippen LogP contribution in [0.15, 0.2) is 28.7 Å². The number of likely N-dealkylation sites (N-methyl/N-ethyl adjacent to an activating group) is 1.